The highest BCUT2D eigenvalue weighted by atomic mass is 14.6. The van der Waals surface area contributed by atoms with Gasteiger partial charge in [-0.3, -0.25) is 0 Å². The van der Waals surface area contributed by atoms with Crippen LogP contribution in [0.25, 0.3) is 0 Å². The van der Waals surface area contributed by atoms with Crippen LogP contribution in [0.2, 0.25) is 0 Å². The summed E-state index contributed by atoms with van der Waals surface area (Å²) in [5.74, 6) is 6.78. The first-order valence-electron chi connectivity index (χ1n) is 13.5. The summed E-state index contributed by atoms with van der Waals surface area (Å²) in [6.45, 7) is 15.3. The van der Waals surface area contributed by atoms with Crippen molar-refractivity contribution in [2.75, 3.05) is 0 Å². The molecule has 0 aliphatic heterocycles. The number of hydrogen-bond donors (Lipinski definition) is 0. The number of fused-ring (bicyclic) bond motifs is 5. The summed E-state index contributed by atoms with van der Waals surface area (Å²) in [5, 5.41) is 0. The molecule has 3 fully saturated rings. The third kappa shape index (κ3) is 3.67. The van der Waals surface area contributed by atoms with Crippen molar-refractivity contribution in [1.82, 2.24) is 0 Å². The van der Waals surface area contributed by atoms with Crippen LogP contribution in [0.15, 0.2) is 11.6 Å². The smallest absolute Gasteiger partial charge is 0.00853 e. The Morgan fingerprint density at radius 2 is 1.76 bits per heavy atom. The van der Waals surface area contributed by atoms with Crippen LogP contribution in [0.3, 0.4) is 0 Å². The first-order chi connectivity index (χ1) is 13.8. The molecule has 0 aromatic heterocycles. The van der Waals surface area contributed by atoms with E-state index in [2.05, 4.69) is 47.6 Å². The van der Waals surface area contributed by atoms with Crippen LogP contribution < -0.4 is 0 Å². The molecule has 0 spiro atoms. The number of allylic oxidation sites excluding steroid dienone is 2. The summed E-state index contributed by atoms with van der Waals surface area (Å²) in [6, 6.07) is 0. The molecule has 166 valence electrons. The molecule has 0 heterocycles. The van der Waals surface area contributed by atoms with Crippen LogP contribution >= 0.6 is 0 Å². The SMILES string of the molecule is CCC(CC[C@@H](C)[C@H]1CC[C@H]2[C@@H]3CCC4=CCCC[C@]4(C)[C@H]3CC[C@]12C)C(C)C. The van der Waals surface area contributed by atoms with E-state index in [-0.39, 0.29) is 0 Å². The van der Waals surface area contributed by atoms with Gasteiger partial charge in [0.2, 0.25) is 0 Å². The summed E-state index contributed by atoms with van der Waals surface area (Å²) >= 11 is 0. The molecular formula is C29H50. The zero-order valence-electron chi connectivity index (χ0n) is 20.6. The Hall–Kier alpha value is -0.260. The van der Waals surface area contributed by atoms with E-state index in [1.54, 1.807) is 6.42 Å². The molecule has 0 amide bonds. The van der Waals surface area contributed by atoms with E-state index < -0.39 is 0 Å². The average molecular weight is 399 g/mol. The van der Waals surface area contributed by atoms with Crippen molar-refractivity contribution in [2.24, 2.45) is 52.3 Å². The van der Waals surface area contributed by atoms with E-state index in [0.29, 0.717) is 10.8 Å². The Balaban J connectivity index is 1.46. The minimum atomic E-state index is 0.567. The number of rotatable bonds is 6. The summed E-state index contributed by atoms with van der Waals surface area (Å²) in [5.41, 5.74) is 3.08. The summed E-state index contributed by atoms with van der Waals surface area (Å²) in [4.78, 5) is 0. The molecule has 0 aromatic carbocycles. The number of hydrogen-bond acceptors (Lipinski definition) is 0. The van der Waals surface area contributed by atoms with Gasteiger partial charge in [0.1, 0.15) is 0 Å². The summed E-state index contributed by atoms with van der Waals surface area (Å²) in [7, 11) is 0. The molecule has 3 saturated carbocycles. The van der Waals surface area contributed by atoms with Gasteiger partial charge in [0, 0.05) is 0 Å². The molecule has 8 atom stereocenters. The second-order valence-electron chi connectivity index (χ2n) is 12.6. The van der Waals surface area contributed by atoms with Gasteiger partial charge in [0.05, 0.1) is 0 Å². The largest absolute Gasteiger partial charge is 0.0848 e. The predicted molar refractivity (Wildman–Crippen MR) is 127 cm³/mol. The summed E-state index contributed by atoms with van der Waals surface area (Å²) < 4.78 is 0. The van der Waals surface area contributed by atoms with Gasteiger partial charge in [-0.25, -0.2) is 0 Å². The molecule has 4 aliphatic carbocycles. The van der Waals surface area contributed by atoms with E-state index in [1.807, 2.05) is 5.57 Å². The van der Waals surface area contributed by atoms with Crippen molar-refractivity contribution in [2.45, 2.75) is 119 Å². The summed E-state index contributed by atoms with van der Waals surface area (Å²) in [6.07, 6.45) is 20.3. The highest BCUT2D eigenvalue weighted by Gasteiger charge is 2.59. The topological polar surface area (TPSA) is 0 Å². The minimum absolute atomic E-state index is 0.567. The molecule has 0 saturated heterocycles. The zero-order chi connectivity index (χ0) is 20.8. The Bertz CT molecular complexity index is 599. The highest BCUT2D eigenvalue weighted by Crippen LogP contribution is 2.67. The van der Waals surface area contributed by atoms with E-state index >= 15 is 0 Å². The fourth-order valence-electron chi connectivity index (χ4n) is 9.42. The zero-order valence-corrected chi connectivity index (χ0v) is 20.6. The quantitative estimate of drug-likeness (QED) is 0.391. The van der Waals surface area contributed by atoms with Gasteiger partial charge in [-0.2, -0.15) is 0 Å². The molecule has 0 heteroatoms. The van der Waals surface area contributed by atoms with Crippen LogP contribution in [0.4, 0.5) is 0 Å². The standard InChI is InChI=1S/C29H50/c1-7-22(20(2)3)12-11-21(4)25-15-16-26-24-14-13-23-10-8-9-18-28(23,5)27(24)17-19-29(25,26)6/h10,20-22,24-27H,7-9,11-19H2,1-6H3/t21-,22?,24+,25-,26+,27+,28+,29-/m1/s1. The van der Waals surface area contributed by atoms with Crippen LogP contribution in [0.5, 0.6) is 0 Å². The maximum absolute atomic E-state index is 2.75. The Morgan fingerprint density at radius 3 is 2.48 bits per heavy atom. The lowest BCUT2D eigenvalue weighted by Gasteiger charge is -2.58. The van der Waals surface area contributed by atoms with Crippen LogP contribution in [-0.2, 0) is 0 Å². The first kappa shape index (κ1) is 22.0. The monoisotopic (exact) mass is 398 g/mol. The molecule has 4 aliphatic rings. The van der Waals surface area contributed by atoms with Crippen LogP contribution in [0, 0.1) is 52.3 Å². The maximum atomic E-state index is 2.75. The lowest BCUT2D eigenvalue weighted by Crippen LogP contribution is -2.50. The van der Waals surface area contributed by atoms with Gasteiger partial charge in [-0.1, -0.05) is 66.0 Å². The molecule has 0 N–H and O–H groups in total. The molecular weight excluding hydrogens is 348 g/mol. The maximum Gasteiger partial charge on any atom is -0.00853 e. The predicted octanol–water partition coefficient (Wildman–Crippen LogP) is 9.05. The molecule has 0 radical (unpaired) electrons. The second-order valence-corrected chi connectivity index (χ2v) is 12.6. The van der Waals surface area contributed by atoms with Crippen molar-refractivity contribution >= 4 is 0 Å². The van der Waals surface area contributed by atoms with Crippen molar-refractivity contribution in [3.8, 4) is 0 Å². The van der Waals surface area contributed by atoms with Gasteiger partial charge in [-0.05, 0) is 116 Å². The average Bonchev–Trinajstić information content (AvgIpc) is 3.05. The first-order valence-corrected chi connectivity index (χ1v) is 13.5. The molecule has 1 unspecified atom stereocenters. The van der Waals surface area contributed by atoms with E-state index in [9.17, 15) is 0 Å². The fourth-order valence-corrected chi connectivity index (χ4v) is 9.42. The third-order valence-corrected chi connectivity index (χ3v) is 11.2. The lowest BCUT2D eigenvalue weighted by atomic mass is 9.46. The van der Waals surface area contributed by atoms with Crippen molar-refractivity contribution in [3.05, 3.63) is 11.6 Å². The molecule has 29 heavy (non-hydrogen) atoms. The van der Waals surface area contributed by atoms with Gasteiger partial charge >= 0.3 is 0 Å². The van der Waals surface area contributed by atoms with E-state index in [0.717, 1.165) is 41.4 Å². The van der Waals surface area contributed by atoms with E-state index in [4.69, 9.17) is 0 Å². The van der Waals surface area contributed by atoms with Gasteiger partial charge in [0.25, 0.3) is 0 Å². The lowest BCUT2D eigenvalue weighted by molar-refractivity contribution is -0.0594. The Morgan fingerprint density at radius 1 is 0.966 bits per heavy atom. The molecule has 0 bridgehead atoms. The van der Waals surface area contributed by atoms with Crippen LogP contribution in [0.1, 0.15) is 119 Å². The normalized spacial score (nSPS) is 43.9. The van der Waals surface area contributed by atoms with Gasteiger partial charge < -0.3 is 0 Å². The van der Waals surface area contributed by atoms with Crippen molar-refractivity contribution < 1.29 is 0 Å². The van der Waals surface area contributed by atoms with Crippen LogP contribution in [-0.4, -0.2) is 0 Å². The van der Waals surface area contributed by atoms with Gasteiger partial charge in [-0.15, -0.1) is 0 Å². The minimum Gasteiger partial charge on any atom is -0.0848 e. The highest BCUT2D eigenvalue weighted by molar-refractivity contribution is 5.23. The van der Waals surface area contributed by atoms with Crippen molar-refractivity contribution in [1.29, 1.82) is 0 Å². The fraction of sp³-hybridized carbons (Fsp3) is 0.931. The molecule has 0 nitrogen and oxygen atoms in total. The Labute approximate surface area is 182 Å². The molecule has 4 rings (SSSR count). The van der Waals surface area contributed by atoms with Gasteiger partial charge in [0.15, 0.2) is 0 Å². The Kier molecular flexibility index (Phi) is 6.32. The third-order valence-electron chi connectivity index (χ3n) is 11.2. The second kappa shape index (κ2) is 8.35. The van der Waals surface area contributed by atoms with Crippen molar-refractivity contribution in [3.63, 3.8) is 0 Å². The molecule has 0 aromatic rings. The van der Waals surface area contributed by atoms with E-state index in [1.165, 1.54) is 70.6 Å².